The van der Waals surface area contributed by atoms with Crippen LogP contribution >= 0.6 is 0 Å². The fourth-order valence-corrected chi connectivity index (χ4v) is 4.35. The van der Waals surface area contributed by atoms with Crippen molar-refractivity contribution in [3.8, 4) is 17.1 Å². The number of carbonyl (C=O) groups excluding carboxylic acids is 1. The number of likely N-dealkylation sites (N-methyl/N-ethyl adjacent to an activating group) is 1. The summed E-state index contributed by atoms with van der Waals surface area (Å²) >= 11 is 0. The fraction of sp³-hybridized carbons (Fsp3) is 0.545. The number of methoxy groups -OCH3 is 1. The lowest BCUT2D eigenvalue weighted by Gasteiger charge is -2.36. The van der Waals surface area contributed by atoms with E-state index in [-0.39, 0.29) is 11.7 Å². The molecule has 1 amide bonds. The molecule has 4 rings (SSSR count). The number of aromatic nitrogens is 1. The molecule has 8 nitrogen and oxygen atoms in total. The van der Waals surface area contributed by atoms with Gasteiger partial charge in [0.05, 0.1) is 7.11 Å². The highest BCUT2D eigenvalue weighted by atomic mass is 19.1. The summed E-state index contributed by atoms with van der Waals surface area (Å²) < 4.78 is 24.6. The Labute approximate surface area is 182 Å². The molecule has 9 heteroatoms. The Morgan fingerprint density at radius 2 is 1.97 bits per heavy atom. The zero-order valence-corrected chi connectivity index (χ0v) is 18.6. The lowest BCUT2D eigenvalue weighted by Crippen LogP contribution is -2.50. The summed E-state index contributed by atoms with van der Waals surface area (Å²) in [5.74, 6) is 0.303. The van der Waals surface area contributed by atoms with Crippen molar-refractivity contribution in [1.82, 2.24) is 19.9 Å². The molecule has 2 aliphatic rings. The Hall–Kier alpha value is -2.65. The van der Waals surface area contributed by atoms with Crippen LogP contribution < -0.4 is 9.64 Å². The van der Waals surface area contributed by atoms with Gasteiger partial charge in [0, 0.05) is 65.0 Å². The predicted octanol–water partition coefficient (Wildman–Crippen LogP) is 2.02. The van der Waals surface area contributed by atoms with Crippen LogP contribution in [-0.4, -0.2) is 99.3 Å². The summed E-state index contributed by atoms with van der Waals surface area (Å²) in [6.07, 6.45) is 0.956. The van der Waals surface area contributed by atoms with Crippen LogP contribution in [0.3, 0.4) is 0 Å². The van der Waals surface area contributed by atoms with Crippen LogP contribution in [0.1, 0.15) is 16.8 Å². The van der Waals surface area contributed by atoms with Crippen molar-refractivity contribution in [2.45, 2.75) is 12.5 Å². The van der Waals surface area contributed by atoms with Crippen molar-refractivity contribution < 1.29 is 18.4 Å². The van der Waals surface area contributed by atoms with Gasteiger partial charge in [-0.3, -0.25) is 9.69 Å². The second-order valence-electron chi connectivity index (χ2n) is 8.49. The average Bonchev–Trinajstić information content (AvgIpc) is 3.42. The van der Waals surface area contributed by atoms with Crippen molar-refractivity contribution in [3.63, 3.8) is 0 Å². The molecular formula is C22H30FN5O3. The number of carbonyl (C=O) groups is 1. The molecular weight excluding hydrogens is 401 g/mol. The van der Waals surface area contributed by atoms with E-state index in [0.29, 0.717) is 41.8 Å². The topological polar surface area (TPSA) is 65.3 Å². The van der Waals surface area contributed by atoms with Gasteiger partial charge >= 0.3 is 0 Å². The van der Waals surface area contributed by atoms with Gasteiger partial charge in [-0.1, -0.05) is 5.16 Å². The van der Waals surface area contributed by atoms with Crippen molar-refractivity contribution in [1.29, 1.82) is 0 Å². The van der Waals surface area contributed by atoms with Gasteiger partial charge in [0.15, 0.2) is 23.1 Å². The van der Waals surface area contributed by atoms with Crippen molar-refractivity contribution in [2.24, 2.45) is 0 Å². The van der Waals surface area contributed by atoms with Crippen LogP contribution in [0.5, 0.6) is 5.75 Å². The lowest BCUT2D eigenvalue weighted by molar-refractivity contribution is 0.0756. The highest BCUT2D eigenvalue weighted by Gasteiger charge is 2.36. The van der Waals surface area contributed by atoms with E-state index < -0.39 is 5.82 Å². The van der Waals surface area contributed by atoms with Gasteiger partial charge in [-0.15, -0.1) is 0 Å². The van der Waals surface area contributed by atoms with Gasteiger partial charge in [0.1, 0.15) is 5.56 Å². The summed E-state index contributed by atoms with van der Waals surface area (Å²) in [5.41, 5.74) is 0.953. The number of hydrogen-bond acceptors (Lipinski definition) is 7. The number of likely N-dealkylation sites (tertiary alicyclic amines) is 1. The molecule has 2 aromatic rings. The first kappa shape index (κ1) is 21.6. The van der Waals surface area contributed by atoms with E-state index in [2.05, 4.69) is 22.0 Å². The van der Waals surface area contributed by atoms with Gasteiger partial charge in [-0.2, -0.15) is 0 Å². The number of nitrogens with zero attached hydrogens (tertiary/aromatic N) is 5. The average molecular weight is 432 g/mol. The summed E-state index contributed by atoms with van der Waals surface area (Å²) in [5, 5.41) is 4.13. The van der Waals surface area contributed by atoms with Crippen LogP contribution in [0.4, 0.5) is 10.2 Å². The Bertz CT molecular complexity index is 939. The number of anilines is 1. The molecule has 3 heterocycles. The lowest BCUT2D eigenvalue weighted by atomic mass is 10.1. The minimum atomic E-state index is -0.471. The quantitative estimate of drug-likeness (QED) is 0.718. The third-order valence-corrected chi connectivity index (χ3v) is 6.23. The maximum Gasteiger partial charge on any atom is 0.261 e. The molecule has 31 heavy (non-hydrogen) atoms. The van der Waals surface area contributed by atoms with E-state index in [9.17, 15) is 9.18 Å². The van der Waals surface area contributed by atoms with E-state index in [1.165, 1.54) is 19.2 Å². The fourth-order valence-electron chi connectivity index (χ4n) is 4.35. The van der Waals surface area contributed by atoms with Crippen LogP contribution in [-0.2, 0) is 0 Å². The largest absolute Gasteiger partial charge is 0.494 e. The summed E-state index contributed by atoms with van der Waals surface area (Å²) in [6.45, 7) is 5.54. The van der Waals surface area contributed by atoms with Crippen LogP contribution in [0, 0.1) is 5.82 Å². The first-order valence-electron chi connectivity index (χ1n) is 10.6. The molecule has 1 aromatic heterocycles. The predicted molar refractivity (Wildman–Crippen MR) is 116 cm³/mol. The van der Waals surface area contributed by atoms with E-state index in [4.69, 9.17) is 9.26 Å². The third kappa shape index (κ3) is 4.24. The highest BCUT2D eigenvalue weighted by molar-refractivity contribution is 6.04. The molecule has 1 atom stereocenters. The summed E-state index contributed by atoms with van der Waals surface area (Å²) in [7, 11) is 7.19. The number of hydrogen-bond donors (Lipinski definition) is 0. The summed E-state index contributed by atoms with van der Waals surface area (Å²) in [6, 6.07) is 4.78. The number of halogens is 1. The van der Waals surface area contributed by atoms with Crippen molar-refractivity contribution in [2.75, 3.05) is 72.4 Å². The molecule has 0 saturated carbocycles. The maximum atomic E-state index is 13.9. The Morgan fingerprint density at radius 3 is 2.65 bits per heavy atom. The van der Waals surface area contributed by atoms with Crippen molar-refractivity contribution >= 4 is 11.7 Å². The van der Waals surface area contributed by atoms with Crippen LogP contribution in [0.2, 0.25) is 0 Å². The molecule has 1 unspecified atom stereocenters. The molecule has 0 radical (unpaired) electrons. The minimum Gasteiger partial charge on any atom is -0.494 e. The molecule has 2 aliphatic heterocycles. The van der Waals surface area contributed by atoms with E-state index >= 15 is 0 Å². The second-order valence-corrected chi connectivity index (χ2v) is 8.49. The second kappa shape index (κ2) is 8.84. The maximum absolute atomic E-state index is 13.9. The summed E-state index contributed by atoms with van der Waals surface area (Å²) in [4.78, 5) is 22.1. The molecule has 0 N–H and O–H groups in total. The standard InChI is InChI=1S/C22H30FN5O3/c1-25(2)21-19(20(31-24-21)15-5-6-17(23)18(13-15)30-4)22(29)28-8-7-16(14-28)27-11-9-26(3)10-12-27/h5-6,13,16H,7-12,14H2,1-4H3. The SMILES string of the molecule is COc1cc(-c2onc(N(C)C)c2C(=O)N2CCC(N3CCN(C)CC3)C2)ccc1F. The molecule has 0 spiro atoms. The number of ether oxygens (including phenoxy) is 1. The number of benzene rings is 1. The third-order valence-electron chi connectivity index (χ3n) is 6.23. The Balaban J connectivity index is 1.60. The molecule has 1 aromatic carbocycles. The Kier molecular flexibility index (Phi) is 6.15. The number of amides is 1. The number of rotatable bonds is 5. The first-order chi connectivity index (χ1) is 14.9. The van der Waals surface area contributed by atoms with Crippen molar-refractivity contribution in [3.05, 3.63) is 29.6 Å². The molecule has 0 aliphatic carbocycles. The Morgan fingerprint density at radius 1 is 1.23 bits per heavy atom. The molecule has 2 fully saturated rings. The van der Waals surface area contributed by atoms with Gasteiger partial charge in [-0.25, -0.2) is 4.39 Å². The first-order valence-corrected chi connectivity index (χ1v) is 10.6. The zero-order chi connectivity index (χ0) is 22.1. The highest BCUT2D eigenvalue weighted by Crippen LogP contribution is 2.35. The van der Waals surface area contributed by atoms with Crippen LogP contribution in [0.25, 0.3) is 11.3 Å². The van der Waals surface area contributed by atoms with Crippen LogP contribution in [0.15, 0.2) is 22.7 Å². The van der Waals surface area contributed by atoms with E-state index in [0.717, 1.165) is 32.6 Å². The van der Waals surface area contributed by atoms with E-state index in [1.54, 1.807) is 11.0 Å². The van der Waals surface area contributed by atoms with E-state index in [1.807, 2.05) is 19.0 Å². The zero-order valence-electron chi connectivity index (χ0n) is 18.6. The van der Waals surface area contributed by atoms with Gasteiger partial charge in [0.25, 0.3) is 5.91 Å². The smallest absolute Gasteiger partial charge is 0.261 e. The molecule has 0 bridgehead atoms. The van der Waals surface area contributed by atoms with Gasteiger partial charge in [0.2, 0.25) is 0 Å². The van der Waals surface area contributed by atoms with Gasteiger partial charge < -0.3 is 24.0 Å². The molecule has 168 valence electrons. The van der Waals surface area contributed by atoms with Gasteiger partial charge in [-0.05, 0) is 31.7 Å². The normalized spacial score (nSPS) is 20.3. The number of piperazine rings is 1. The minimum absolute atomic E-state index is 0.0926. The monoisotopic (exact) mass is 431 g/mol. The molecule has 2 saturated heterocycles.